The molecule has 0 saturated heterocycles. The van der Waals surface area contributed by atoms with Crippen LogP contribution in [-0.2, 0) is 13.0 Å². The third-order valence-electron chi connectivity index (χ3n) is 5.82. The van der Waals surface area contributed by atoms with Crippen molar-refractivity contribution < 1.29 is 14.3 Å². The topological polar surface area (TPSA) is 65.4 Å². The van der Waals surface area contributed by atoms with Gasteiger partial charge < -0.3 is 19.4 Å². The van der Waals surface area contributed by atoms with E-state index in [-0.39, 0.29) is 5.91 Å². The van der Waals surface area contributed by atoms with Crippen LogP contribution < -0.4 is 14.8 Å². The van der Waals surface area contributed by atoms with Crippen molar-refractivity contribution in [3.63, 3.8) is 0 Å². The first-order valence-electron chi connectivity index (χ1n) is 11.9. The molecule has 6 nitrogen and oxygen atoms in total. The van der Waals surface area contributed by atoms with Crippen LogP contribution in [0.2, 0.25) is 0 Å². The summed E-state index contributed by atoms with van der Waals surface area (Å²) in [5, 5.41) is 3.00. The Kier molecular flexibility index (Phi) is 8.79. The predicted octanol–water partition coefficient (Wildman–Crippen LogP) is 6.03. The van der Waals surface area contributed by atoms with E-state index in [9.17, 15) is 4.79 Å². The Balaban J connectivity index is 1.28. The van der Waals surface area contributed by atoms with Crippen LogP contribution in [0.25, 0.3) is 11.0 Å². The molecule has 1 N–H and O–H groups in total. The lowest BCUT2D eigenvalue weighted by atomic mass is 10.1. The Labute approximate surface area is 214 Å². The third-order valence-corrected chi connectivity index (χ3v) is 6.32. The highest BCUT2D eigenvalue weighted by Gasteiger charge is 2.11. The van der Waals surface area contributed by atoms with E-state index in [2.05, 4.69) is 31.9 Å². The highest BCUT2D eigenvalue weighted by molar-refractivity contribution is 9.10. The molecule has 0 aliphatic heterocycles. The minimum Gasteiger partial charge on any atom is -0.493 e. The van der Waals surface area contributed by atoms with Crippen LogP contribution in [-0.4, -0.2) is 35.7 Å². The third kappa shape index (κ3) is 6.63. The van der Waals surface area contributed by atoms with Gasteiger partial charge in [0, 0.05) is 23.0 Å². The fourth-order valence-electron chi connectivity index (χ4n) is 4.07. The maximum absolute atomic E-state index is 12.3. The highest BCUT2D eigenvalue weighted by Crippen LogP contribution is 2.26. The van der Waals surface area contributed by atoms with Crippen molar-refractivity contribution in [3.05, 3.63) is 88.7 Å². The Morgan fingerprint density at radius 2 is 1.77 bits per heavy atom. The van der Waals surface area contributed by atoms with Crippen LogP contribution in [0.1, 0.15) is 35.4 Å². The second-order valence-corrected chi connectivity index (χ2v) is 9.16. The van der Waals surface area contributed by atoms with Gasteiger partial charge >= 0.3 is 0 Å². The number of nitrogens with one attached hydrogen (secondary N) is 1. The van der Waals surface area contributed by atoms with Crippen LogP contribution in [0.15, 0.2) is 77.3 Å². The summed E-state index contributed by atoms with van der Waals surface area (Å²) in [5.74, 6) is 2.50. The number of fused-ring (bicyclic) bond motifs is 1. The lowest BCUT2D eigenvalue weighted by Crippen LogP contribution is -2.24. The molecule has 0 radical (unpaired) electrons. The molecule has 182 valence electrons. The first-order chi connectivity index (χ1) is 17.2. The summed E-state index contributed by atoms with van der Waals surface area (Å²) in [5.41, 5.74) is 2.79. The second-order valence-electron chi connectivity index (χ2n) is 8.24. The number of methoxy groups -OCH3 is 1. The number of aryl methyl sites for hydroxylation is 1. The number of carbonyl (C=O) groups is 1. The van der Waals surface area contributed by atoms with Crippen LogP contribution >= 0.6 is 15.9 Å². The molecule has 0 atom stereocenters. The molecule has 0 spiro atoms. The fraction of sp³-hybridized carbons (Fsp3) is 0.286. The van der Waals surface area contributed by atoms with Gasteiger partial charge in [-0.2, -0.15) is 0 Å². The van der Waals surface area contributed by atoms with Crippen LogP contribution in [0.3, 0.4) is 0 Å². The van der Waals surface area contributed by atoms with E-state index in [1.54, 1.807) is 7.11 Å². The van der Waals surface area contributed by atoms with Crippen molar-refractivity contribution in [1.29, 1.82) is 0 Å². The number of unbranched alkanes of at least 4 members (excludes halogenated alkanes) is 2. The predicted molar refractivity (Wildman–Crippen MR) is 142 cm³/mol. The molecular weight excluding hydrogens is 506 g/mol. The number of benzene rings is 3. The van der Waals surface area contributed by atoms with Crippen molar-refractivity contribution in [3.8, 4) is 11.5 Å². The van der Waals surface area contributed by atoms with Crippen molar-refractivity contribution in [2.45, 2.75) is 32.2 Å². The number of hydrogen-bond acceptors (Lipinski definition) is 4. The molecule has 0 fully saturated rings. The Hall–Kier alpha value is -3.32. The van der Waals surface area contributed by atoms with Gasteiger partial charge in [-0.3, -0.25) is 4.79 Å². The SMILES string of the molecule is COc1ccccc1OCCn1c(CCCCCNC(=O)c2cccc(Br)c2)nc2ccccc21. The summed E-state index contributed by atoms with van der Waals surface area (Å²) < 4.78 is 14.6. The van der Waals surface area contributed by atoms with Gasteiger partial charge in [-0.15, -0.1) is 0 Å². The highest BCUT2D eigenvalue weighted by atomic mass is 79.9. The standard InChI is InChI=1S/C28H30BrN3O3/c1-34-25-14-6-7-15-26(25)35-19-18-32-24-13-5-4-12-23(24)31-27(32)16-3-2-8-17-30-28(33)21-10-9-11-22(29)20-21/h4-7,9-15,20H,2-3,8,16-19H2,1H3,(H,30,33). The minimum atomic E-state index is -0.0388. The number of hydrogen-bond donors (Lipinski definition) is 1. The smallest absolute Gasteiger partial charge is 0.251 e. The molecule has 4 rings (SSSR count). The zero-order valence-corrected chi connectivity index (χ0v) is 21.5. The molecule has 0 unspecified atom stereocenters. The summed E-state index contributed by atoms with van der Waals surface area (Å²) in [6.45, 7) is 1.89. The van der Waals surface area contributed by atoms with Crippen molar-refractivity contribution in [2.24, 2.45) is 0 Å². The lowest BCUT2D eigenvalue weighted by Gasteiger charge is -2.13. The van der Waals surface area contributed by atoms with E-state index in [0.29, 0.717) is 25.3 Å². The molecule has 1 aromatic heterocycles. The Bertz CT molecular complexity index is 1270. The zero-order valence-electron chi connectivity index (χ0n) is 19.9. The summed E-state index contributed by atoms with van der Waals surface area (Å²) in [6, 6.07) is 23.3. The molecule has 0 aliphatic rings. The van der Waals surface area contributed by atoms with Crippen molar-refractivity contribution in [1.82, 2.24) is 14.9 Å². The van der Waals surface area contributed by atoms with Gasteiger partial charge in [-0.25, -0.2) is 4.98 Å². The van der Waals surface area contributed by atoms with Gasteiger partial charge in [0.1, 0.15) is 12.4 Å². The normalized spacial score (nSPS) is 10.9. The quantitative estimate of drug-likeness (QED) is 0.225. The minimum absolute atomic E-state index is 0.0388. The van der Waals surface area contributed by atoms with E-state index in [1.165, 1.54) is 0 Å². The largest absolute Gasteiger partial charge is 0.493 e. The average molecular weight is 536 g/mol. The molecule has 1 amide bonds. The van der Waals surface area contributed by atoms with Gasteiger partial charge in [0.2, 0.25) is 0 Å². The number of imidazole rings is 1. The molecule has 0 saturated carbocycles. The molecule has 35 heavy (non-hydrogen) atoms. The average Bonchev–Trinajstić information content (AvgIpc) is 3.23. The van der Waals surface area contributed by atoms with Gasteiger partial charge in [0.15, 0.2) is 11.5 Å². The monoisotopic (exact) mass is 535 g/mol. The van der Waals surface area contributed by atoms with E-state index < -0.39 is 0 Å². The first kappa shape index (κ1) is 24.8. The van der Waals surface area contributed by atoms with E-state index in [4.69, 9.17) is 14.5 Å². The zero-order chi connectivity index (χ0) is 24.5. The summed E-state index contributed by atoms with van der Waals surface area (Å²) in [4.78, 5) is 17.1. The summed E-state index contributed by atoms with van der Waals surface area (Å²) in [7, 11) is 1.65. The molecular formula is C28H30BrN3O3. The number of ether oxygens (including phenoxy) is 2. The molecule has 7 heteroatoms. The maximum atomic E-state index is 12.3. The number of para-hydroxylation sites is 4. The maximum Gasteiger partial charge on any atom is 0.251 e. The van der Waals surface area contributed by atoms with Gasteiger partial charge in [0.05, 0.1) is 24.7 Å². The number of rotatable bonds is 12. The van der Waals surface area contributed by atoms with Crippen molar-refractivity contribution in [2.75, 3.05) is 20.3 Å². The number of amides is 1. The molecule has 4 aromatic rings. The molecule has 3 aromatic carbocycles. The molecule has 0 aliphatic carbocycles. The Morgan fingerprint density at radius 1 is 0.971 bits per heavy atom. The van der Waals surface area contributed by atoms with Crippen LogP contribution in [0, 0.1) is 0 Å². The summed E-state index contributed by atoms with van der Waals surface area (Å²) in [6.07, 6.45) is 3.82. The fourth-order valence-corrected chi connectivity index (χ4v) is 4.47. The van der Waals surface area contributed by atoms with Crippen LogP contribution in [0.4, 0.5) is 0 Å². The molecule has 0 bridgehead atoms. The van der Waals surface area contributed by atoms with Gasteiger partial charge in [-0.1, -0.05) is 52.7 Å². The second kappa shape index (κ2) is 12.4. The number of aromatic nitrogens is 2. The van der Waals surface area contributed by atoms with Gasteiger partial charge in [0.25, 0.3) is 5.91 Å². The number of carbonyl (C=O) groups excluding carboxylic acids is 1. The molecule has 1 heterocycles. The lowest BCUT2D eigenvalue weighted by molar-refractivity contribution is 0.0953. The van der Waals surface area contributed by atoms with E-state index >= 15 is 0 Å². The van der Waals surface area contributed by atoms with E-state index in [0.717, 1.165) is 58.5 Å². The van der Waals surface area contributed by atoms with Crippen LogP contribution in [0.5, 0.6) is 11.5 Å². The van der Waals surface area contributed by atoms with E-state index in [1.807, 2.05) is 66.7 Å². The number of halogens is 1. The first-order valence-corrected chi connectivity index (χ1v) is 12.7. The van der Waals surface area contributed by atoms with Gasteiger partial charge in [-0.05, 0) is 55.3 Å². The Morgan fingerprint density at radius 3 is 2.60 bits per heavy atom. The number of nitrogens with zero attached hydrogens (tertiary/aromatic N) is 2. The summed E-state index contributed by atoms with van der Waals surface area (Å²) >= 11 is 3.41. The van der Waals surface area contributed by atoms with Crippen molar-refractivity contribution >= 4 is 32.9 Å².